The average molecular weight is 288 g/mol. The molecule has 1 rings (SSSR count). The van der Waals surface area contributed by atoms with Crippen molar-refractivity contribution in [3.63, 3.8) is 0 Å². The van der Waals surface area contributed by atoms with Crippen LogP contribution in [0.15, 0.2) is 34.2 Å². The Balaban J connectivity index is 3.19. The van der Waals surface area contributed by atoms with E-state index in [1.165, 1.54) is 0 Å². The lowest BCUT2D eigenvalue weighted by Crippen LogP contribution is -1.79. The highest BCUT2D eigenvalue weighted by atomic mass is 79.9. The molecule has 0 N–H and O–H groups in total. The molecule has 0 nitrogen and oxygen atoms in total. The first-order chi connectivity index (χ1) is 5.77. The Hall–Kier alpha value is -0.340. The second-order valence-corrected chi connectivity index (χ2v) is 3.71. The molecule has 0 heterocycles. The van der Waals surface area contributed by atoms with E-state index in [0.717, 1.165) is 15.6 Å². The summed E-state index contributed by atoms with van der Waals surface area (Å²) in [7, 11) is 0. The van der Waals surface area contributed by atoms with Gasteiger partial charge in [0.1, 0.15) is 0 Å². The molecule has 0 aliphatic rings. The molecule has 0 saturated carbocycles. The van der Waals surface area contributed by atoms with Gasteiger partial charge in [0.15, 0.2) is 0 Å². The van der Waals surface area contributed by atoms with E-state index < -0.39 is 0 Å². The molecule has 0 atom stereocenters. The summed E-state index contributed by atoms with van der Waals surface area (Å²) in [5, 5.41) is 0. The SMILES string of the molecule is C=Cc1cc(Br)ccc1C=CBr. The van der Waals surface area contributed by atoms with Gasteiger partial charge >= 0.3 is 0 Å². The second-order valence-electron chi connectivity index (χ2n) is 2.27. The van der Waals surface area contributed by atoms with E-state index in [0.29, 0.717) is 0 Å². The summed E-state index contributed by atoms with van der Waals surface area (Å²) in [5.74, 6) is 0. The fourth-order valence-electron chi connectivity index (χ4n) is 0.942. The Morgan fingerprint density at radius 3 is 2.58 bits per heavy atom. The predicted molar refractivity (Wildman–Crippen MR) is 62.2 cm³/mol. The van der Waals surface area contributed by atoms with E-state index in [1.54, 1.807) is 0 Å². The van der Waals surface area contributed by atoms with Crippen LogP contribution in [0, 0.1) is 0 Å². The first-order valence-corrected chi connectivity index (χ1v) is 5.17. The van der Waals surface area contributed by atoms with Gasteiger partial charge < -0.3 is 0 Å². The van der Waals surface area contributed by atoms with Gasteiger partial charge in [0, 0.05) is 4.47 Å². The van der Waals surface area contributed by atoms with Gasteiger partial charge in [-0.1, -0.05) is 50.6 Å². The van der Waals surface area contributed by atoms with Crippen LogP contribution in [0.1, 0.15) is 11.1 Å². The van der Waals surface area contributed by atoms with Gasteiger partial charge in [0.2, 0.25) is 0 Å². The van der Waals surface area contributed by atoms with Crippen LogP contribution in [0.5, 0.6) is 0 Å². The standard InChI is InChI=1S/C10H8Br2/c1-2-8-7-10(12)4-3-9(8)5-6-11/h2-7H,1H2. The minimum atomic E-state index is 1.07. The molecule has 0 aliphatic heterocycles. The fourth-order valence-corrected chi connectivity index (χ4v) is 1.61. The molecule has 0 radical (unpaired) electrons. The van der Waals surface area contributed by atoms with Crippen LogP contribution in [-0.2, 0) is 0 Å². The maximum Gasteiger partial charge on any atom is 0.0181 e. The van der Waals surface area contributed by atoms with Crippen LogP contribution >= 0.6 is 31.9 Å². The Morgan fingerprint density at radius 2 is 2.00 bits per heavy atom. The smallest absolute Gasteiger partial charge is 0.0181 e. The van der Waals surface area contributed by atoms with Gasteiger partial charge in [0.05, 0.1) is 0 Å². The maximum atomic E-state index is 3.74. The highest BCUT2D eigenvalue weighted by molar-refractivity contribution is 9.11. The molecule has 62 valence electrons. The number of hydrogen-bond acceptors (Lipinski definition) is 0. The van der Waals surface area contributed by atoms with Crippen molar-refractivity contribution in [2.45, 2.75) is 0 Å². The lowest BCUT2D eigenvalue weighted by Gasteiger charge is -2.00. The number of halogens is 2. The molecule has 0 bridgehead atoms. The zero-order valence-corrected chi connectivity index (χ0v) is 9.60. The van der Waals surface area contributed by atoms with Crippen LogP contribution < -0.4 is 0 Å². The van der Waals surface area contributed by atoms with Crippen LogP contribution in [0.2, 0.25) is 0 Å². The summed E-state index contributed by atoms with van der Waals surface area (Å²) in [6, 6.07) is 6.09. The van der Waals surface area contributed by atoms with Crippen LogP contribution in [0.25, 0.3) is 12.2 Å². The Kier molecular flexibility index (Phi) is 3.76. The highest BCUT2D eigenvalue weighted by Crippen LogP contribution is 2.19. The Labute approximate surface area is 89.2 Å². The van der Waals surface area contributed by atoms with Gasteiger partial charge in [0.25, 0.3) is 0 Å². The van der Waals surface area contributed by atoms with E-state index in [9.17, 15) is 0 Å². The lowest BCUT2D eigenvalue weighted by atomic mass is 10.1. The summed E-state index contributed by atoms with van der Waals surface area (Å²) in [6.07, 6.45) is 3.83. The van der Waals surface area contributed by atoms with Gasteiger partial charge in [-0.3, -0.25) is 0 Å². The minimum absolute atomic E-state index is 1.07. The minimum Gasteiger partial charge on any atom is -0.0984 e. The zero-order valence-electron chi connectivity index (χ0n) is 6.43. The number of rotatable bonds is 2. The van der Waals surface area contributed by atoms with Crippen LogP contribution in [-0.4, -0.2) is 0 Å². The monoisotopic (exact) mass is 286 g/mol. The van der Waals surface area contributed by atoms with Crippen molar-refractivity contribution in [1.82, 2.24) is 0 Å². The zero-order chi connectivity index (χ0) is 8.97. The number of benzene rings is 1. The van der Waals surface area contributed by atoms with E-state index in [2.05, 4.69) is 38.4 Å². The molecule has 0 aromatic heterocycles. The van der Waals surface area contributed by atoms with Crippen molar-refractivity contribution in [1.29, 1.82) is 0 Å². The molecule has 0 spiro atoms. The predicted octanol–water partition coefficient (Wildman–Crippen LogP) is 4.46. The Bertz CT molecular complexity index is 314. The molecule has 0 amide bonds. The van der Waals surface area contributed by atoms with Gasteiger partial charge in [-0.15, -0.1) is 0 Å². The number of hydrogen-bond donors (Lipinski definition) is 0. The van der Waals surface area contributed by atoms with E-state index in [4.69, 9.17) is 0 Å². The molecule has 0 fully saturated rings. The highest BCUT2D eigenvalue weighted by Gasteiger charge is 1.95. The normalized spacial score (nSPS) is 10.5. The molecule has 2 heteroatoms. The van der Waals surface area contributed by atoms with E-state index in [-0.39, 0.29) is 0 Å². The molecular formula is C10H8Br2. The largest absolute Gasteiger partial charge is 0.0984 e. The summed E-state index contributed by atoms with van der Waals surface area (Å²) < 4.78 is 1.07. The molecule has 1 aromatic rings. The molecule has 1 aromatic carbocycles. The van der Waals surface area contributed by atoms with E-state index in [1.807, 2.05) is 35.3 Å². The third-order valence-electron chi connectivity index (χ3n) is 1.51. The third kappa shape index (κ3) is 2.32. The van der Waals surface area contributed by atoms with Crippen LogP contribution in [0.4, 0.5) is 0 Å². The summed E-state index contributed by atoms with van der Waals surface area (Å²) in [4.78, 5) is 1.84. The molecule has 12 heavy (non-hydrogen) atoms. The van der Waals surface area contributed by atoms with Gasteiger partial charge in [-0.2, -0.15) is 0 Å². The van der Waals surface area contributed by atoms with Crippen molar-refractivity contribution >= 4 is 44.0 Å². The lowest BCUT2D eigenvalue weighted by molar-refractivity contribution is 1.58. The summed E-state index contributed by atoms with van der Waals surface area (Å²) >= 11 is 6.65. The van der Waals surface area contributed by atoms with Gasteiger partial charge in [-0.25, -0.2) is 0 Å². The first kappa shape index (κ1) is 9.75. The molecular weight excluding hydrogens is 280 g/mol. The molecule has 0 saturated heterocycles. The van der Waals surface area contributed by atoms with Crippen molar-refractivity contribution in [3.05, 3.63) is 45.4 Å². The second kappa shape index (κ2) is 4.63. The maximum absolute atomic E-state index is 3.74. The molecule has 0 unspecified atom stereocenters. The van der Waals surface area contributed by atoms with Crippen molar-refractivity contribution in [3.8, 4) is 0 Å². The quantitative estimate of drug-likeness (QED) is 0.753. The van der Waals surface area contributed by atoms with E-state index >= 15 is 0 Å². The fraction of sp³-hybridized carbons (Fsp3) is 0. The third-order valence-corrected chi connectivity index (χ3v) is 2.27. The average Bonchev–Trinajstić information content (AvgIpc) is 2.08. The summed E-state index contributed by atoms with van der Waals surface area (Å²) in [6.45, 7) is 3.74. The molecule has 0 aliphatic carbocycles. The Morgan fingerprint density at radius 1 is 1.25 bits per heavy atom. The van der Waals surface area contributed by atoms with Crippen molar-refractivity contribution in [2.24, 2.45) is 0 Å². The van der Waals surface area contributed by atoms with Gasteiger partial charge in [-0.05, 0) is 34.3 Å². The summed E-state index contributed by atoms with van der Waals surface area (Å²) in [5.41, 5.74) is 2.28. The topological polar surface area (TPSA) is 0 Å². The van der Waals surface area contributed by atoms with Crippen molar-refractivity contribution in [2.75, 3.05) is 0 Å². The van der Waals surface area contributed by atoms with Crippen LogP contribution in [0.3, 0.4) is 0 Å². The first-order valence-electron chi connectivity index (χ1n) is 3.46. The van der Waals surface area contributed by atoms with Crippen molar-refractivity contribution < 1.29 is 0 Å².